The fraction of sp³-hybridized carbons (Fsp3) is 0.533. The Morgan fingerprint density at radius 1 is 1.36 bits per heavy atom. The van der Waals surface area contributed by atoms with Gasteiger partial charge < -0.3 is 20.4 Å². The van der Waals surface area contributed by atoms with E-state index in [2.05, 4.69) is 15.3 Å². The van der Waals surface area contributed by atoms with Gasteiger partial charge in [0.2, 0.25) is 5.91 Å². The third-order valence-corrected chi connectivity index (χ3v) is 4.70. The molecule has 3 amide bonds. The van der Waals surface area contributed by atoms with Crippen LogP contribution in [0.25, 0.3) is 0 Å². The van der Waals surface area contributed by atoms with Gasteiger partial charge >= 0.3 is 6.09 Å². The van der Waals surface area contributed by atoms with Crippen molar-refractivity contribution in [1.82, 2.24) is 25.1 Å². The van der Waals surface area contributed by atoms with Gasteiger partial charge in [-0.05, 0) is 18.9 Å². The van der Waals surface area contributed by atoms with Crippen LogP contribution in [0, 0.1) is 0 Å². The largest absolute Gasteiger partial charge is 0.465 e. The molecule has 10 nitrogen and oxygen atoms in total. The summed E-state index contributed by atoms with van der Waals surface area (Å²) in [6.45, 7) is -0.0597. The molecule has 2 atom stereocenters. The van der Waals surface area contributed by atoms with Crippen molar-refractivity contribution >= 4 is 17.9 Å². The van der Waals surface area contributed by atoms with Crippen molar-refractivity contribution in [3.8, 4) is 0 Å². The van der Waals surface area contributed by atoms with Crippen molar-refractivity contribution in [1.29, 1.82) is 0 Å². The molecule has 0 radical (unpaired) electrons. The van der Waals surface area contributed by atoms with Crippen LogP contribution in [0.1, 0.15) is 18.7 Å². The third kappa shape index (κ3) is 2.88. The zero-order valence-corrected chi connectivity index (χ0v) is 13.5. The molecule has 2 aliphatic rings. The monoisotopic (exact) mass is 349 g/mol. The lowest BCUT2D eigenvalue weighted by atomic mass is 9.84. The van der Waals surface area contributed by atoms with Gasteiger partial charge in [0.05, 0.1) is 19.7 Å². The predicted octanol–water partition coefficient (Wildman–Crippen LogP) is -1.19. The molecule has 0 aliphatic carbocycles. The van der Waals surface area contributed by atoms with Gasteiger partial charge in [0, 0.05) is 18.9 Å². The Kier molecular flexibility index (Phi) is 4.53. The van der Waals surface area contributed by atoms with Crippen LogP contribution in [0.3, 0.4) is 0 Å². The van der Waals surface area contributed by atoms with Crippen LogP contribution in [0.5, 0.6) is 0 Å². The van der Waals surface area contributed by atoms with Crippen LogP contribution < -0.4 is 5.32 Å². The van der Waals surface area contributed by atoms with E-state index < -0.39 is 36.1 Å². The van der Waals surface area contributed by atoms with E-state index in [-0.39, 0.29) is 13.1 Å². The molecule has 0 aromatic carbocycles. The SMILES string of the molecule is O=C(NCc1ncccn1)C(CO)N1CC2(CCCN2C(=O)O)C1=O. The summed E-state index contributed by atoms with van der Waals surface area (Å²) in [4.78, 5) is 46.5. The number of nitrogens with one attached hydrogen (secondary N) is 1. The van der Waals surface area contributed by atoms with Crippen molar-refractivity contribution in [2.45, 2.75) is 31.0 Å². The average Bonchev–Trinajstić information content (AvgIpc) is 3.08. The first-order valence-electron chi connectivity index (χ1n) is 7.96. The van der Waals surface area contributed by atoms with Gasteiger partial charge in [-0.3, -0.25) is 14.5 Å². The summed E-state index contributed by atoms with van der Waals surface area (Å²) in [5.74, 6) is -0.553. The molecule has 2 aliphatic heterocycles. The second-order valence-electron chi connectivity index (χ2n) is 6.08. The summed E-state index contributed by atoms with van der Waals surface area (Å²) in [6.07, 6.45) is 2.99. The second-order valence-corrected chi connectivity index (χ2v) is 6.08. The number of hydrogen-bond acceptors (Lipinski definition) is 6. The Balaban J connectivity index is 1.63. The van der Waals surface area contributed by atoms with E-state index in [4.69, 9.17) is 0 Å². The fourth-order valence-corrected chi connectivity index (χ4v) is 3.42. The number of rotatable bonds is 5. The van der Waals surface area contributed by atoms with Crippen LogP contribution in [-0.2, 0) is 16.1 Å². The summed E-state index contributed by atoms with van der Waals surface area (Å²) in [6, 6.07) is 0.591. The highest BCUT2D eigenvalue weighted by molar-refractivity contribution is 5.99. The Morgan fingerprint density at radius 3 is 2.68 bits per heavy atom. The number of carbonyl (C=O) groups excluding carboxylic acids is 2. The molecular weight excluding hydrogens is 330 g/mol. The van der Waals surface area contributed by atoms with Crippen molar-refractivity contribution in [2.24, 2.45) is 0 Å². The Bertz CT molecular complexity index is 684. The molecule has 2 saturated heterocycles. The van der Waals surface area contributed by atoms with Crippen LogP contribution in [0.2, 0.25) is 0 Å². The first-order chi connectivity index (χ1) is 12.0. The van der Waals surface area contributed by atoms with Gasteiger partial charge in [-0.15, -0.1) is 0 Å². The molecule has 0 saturated carbocycles. The highest BCUT2D eigenvalue weighted by atomic mass is 16.4. The summed E-state index contributed by atoms with van der Waals surface area (Å²) < 4.78 is 0. The van der Waals surface area contributed by atoms with Gasteiger partial charge in [-0.2, -0.15) is 0 Å². The summed E-state index contributed by atoms with van der Waals surface area (Å²) in [5, 5.41) is 21.4. The maximum atomic E-state index is 12.6. The number of aromatic nitrogens is 2. The summed E-state index contributed by atoms with van der Waals surface area (Å²) in [5.41, 5.74) is -1.08. The van der Waals surface area contributed by atoms with E-state index in [1.165, 1.54) is 4.90 Å². The molecule has 10 heteroatoms. The Morgan fingerprint density at radius 2 is 2.08 bits per heavy atom. The standard InChI is InChI=1S/C15H19N5O5/c21-8-10(12(22)18-7-11-16-4-2-5-17-11)19-9-15(13(19)23)3-1-6-20(15)14(24)25/h2,4-5,10,21H,1,3,6-9H2,(H,18,22)(H,24,25). The lowest BCUT2D eigenvalue weighted by molar-refractivity contribution is -0.168. The topological polar surface area (TPSA) is 136 Å². The van der Waals surface area contributed by atoms with Gasteiger partial charge in [0.15, 0.2) is 0 Å². The van der Waals surface area contributed by atoms with Crippen LogP contribution in [0.15, 0.2) is 18.5 Å². The summed E-state index contributed by atoms with van der Waals surface area (Å²) in [7, 11) is 0. The zero-order valence-electron chi connectivity index (χ0n) is 13.5. The molecule has 3 heterocycles. The van der Waals surface area contributed by atoms with E-state index in [1.54, 1.807) is 18.5 Å². The quantitative estimate of drug-likeness (QED) is 0.569. The number of hydrogen-bond donors (Lipinski definition) is 3. The minimum atomic E-state index is -1.14. The minimum Gasteiger partial charge on any atom is -0.465 e. The van der Waals surface area contributed by atoms with Gasteiger partial charge in [0.25, 0.3) is 5.91 Å². The number of amides is 3. The van der Waals surface area contributed by atoms with Crippen LogP contribution >= 0.6 is 0 Å². The molecule has 3 rings (SSSR count). The van der Waals surface area contributed by atoms with Crippen molar-refractivity contribution in [2.75, 3.05) is 19.7 Å². The maximum Gasteiger partial charge on any atom is 0.408 e. The molecule has 0 bridgehead atoms. The molecule has 2 unspecified atom stereocenters. The lowest BCUT2D eigenvalue weighted by Crippen LogP contribution is -2.76. The average molecular weight is 349 g/mol. The maximum absolute atomic E-state index is 12.6. The van der Waals surface area contributed by atoms with Crippen molar-refractivity contribution < 1.29 is 24.6 Å². The smallest absolute Gasteiger partial charge is 0.408 e. The number of carboxylic acid groups (broad SMARTS) is 1. The second kappa shape index (κ2) is 6.63. The van der Waals surface area contributed by atoms with E-state index in [0.29, 0.717) is 25.2 Å². The molecule has 1 aromatic heterocycles. The molecule has 3 N–H and O–H groups in total. The van der Waals surface area contributed by atoms with Crippen LogP contribution in [0.4, 0.5) is 4.79 Å². The molecule has 2 fully saturated rings. The van der Waals surface area contributed by atoms with E-state index >= 15 is 0 Å². The fourth-order valence-electron chi connectivity index (χ4n) is 3.42. The Hall–Kier alpha value is -2.75. The van der Waals surface area contributed by atoms with E-state index in [1.807, 2.05) is 0 Å². The van der Waals surface area contributed by atoms with E-state index in [0.717, 1.165) is 4.90 Å². The highest BCUT2D eigenvalue weighted by Crippen LogP contribution is 2.39. The number of aliphatic hydroxyl groups is 1. The Labute approximate surface area is 143 Å². The zero-order chi connectivity index (χ0) is 18.0. The molecular formula is C15H19N5O5. The number of nitrogens with zero attached hydrogens (tertiary/aromatic N) is 4. The number of β-lactam (4-membered cyclic amide) rings is 1. The first-order valence-corrected chi connectivity index (χ1v) is 7.96. The molecule has 1 spiro atoms. The highest BCUT2D eigenvalue weighted by Gasteiger charge is 2.61. The molecule has 1 aromatic rings. The predicted molar refractivity (Wildman–Crippen MR) is 83.2 cm³/mol. The van der Waals surface area contributed by atoms with Gasteiger partial charge in [-0.1, -0.05) is 0 Å². The lowest BCUT2D eigenvalue weighted by Gasteiger charge is -2.52. The van der Waals surface area contributed by atoms with Gasteiger partial charge in [-0.25, -0.2) is 14.8 Å². The van der Waals surface area contributed by atoms with Crippen molar-refractivity contribution in [3.63, 3.8) is 0 Å². The molecule has 25 heavy (non-hydrogen) atoms. The van der Waals surface area contributed by atoms with Crippen molar-refractivity contribution in [3.05, 3.63) is 24.3 Å². The normalized spacial score (nSPS) is 23.5. The number of aliphatic hydroxyl groups excluding tert-OH is 1. The number of likely N-dealkylation sites (tertiary alicyclic amines) is 2. The van der Waals surface area contributed by atoms with Crippen LogP contribution in [-0.4, -0.2) is 79.2 Å². The first kappa shape index (κ1) is 17.1. The van der Waals surface area contributed by atoms with Gasteiger partial charge in [0.1, 0.15) is 17.4 Å². The third-order valence-electron chi connectivity index (χ3n) is 4.70. The minimum absolute atomic E-state index is 0.0740. The van der Waals surface area contributed by atoms with E-state index in [9.17, 15) is 24.6 Å². The summed E-state index contributed by atoms with van der Waals surface area (Å²) >= 11 is 0. The molecule has 134 valence electrons. The number of carbonyl (C=O) groups is 3.